The molecule has 0 bridgehead atoms. The molecule has 2 unspecified atom stereocenters. The molecule has 2 heterocycles. The van der Waals surface area contributed by atoms with Gasteiger partial charge in [-0.15, -0.1) is 0 Å². The third-order valence-corrected chi connectivity index (χ3v) is 3.26. The van der Waals surface area contributed by atoms with Crippen molar-refractivity contribution in [3.05, 3.63) is 0 Å². The summed E-state index contributed by atoms with van der Waals surface area (Å²) in [5, 5.41) is 0. The van der Waals surface area contributed by atoms with Gasteiger partial charge in [0.15, 0.2) is 0 Å². The monoisotopic (exact) mass is 211 g/mol. The van der Waals surface area contributed by atoms with E-state index in [4.69, 9.17) is 4.74 Å². The number of hydrogen-bond donors (Lipinski definition) is 0. The van der Waals surface area contributed by atoms with E-state index >= 15 is 0 Å². The highest BCUT2D eigenvalue weighted by Crippen LogP contribution is 2.22. The van der Waals surface area contributed by atoms with Crippen LogP contribution in [0.4, 0.5) is 0 Å². The predicted molar refractivity (Wildman–Crippen MR) is 54.3 cm³/mol. The number of nitrogens with zero attached hydrogens (tertiary/aromatic N) is 1. The van der Waals surface area contributed by atoms with E-state index in [0.29, 0.717) is 38.5 Å². The topological polar surface area (TPSA) is 46.6 Å². The van der Waals surface area contributed by atoms with Crippen molar-refractivity contribution >= 4 is 11.7 Å². The minimum absolute atomic E-state index is 0.0764. The van der Waals surface area contributed by atoms with Crippen LogP contribution in [-0.4, -0.2) is 42.4 Å². The predicted octanol–water partition coefficient (Wildman–Crippen LogP) is 0.603. The Bertz CT molecular complexity index is 267. The van der Waals surface area contributed by atoms with E-state index in [1.54, 1.807) is 4.90 Å². The third-order valence-electron chi connectivity index (χ3n) is 3.26. The Hall–Kier alpha value is -0.900. The van der Waals surface area contributed by atoms with Crippen LogP contribution in [-0.2, 0) is 14.3 Å². The van der Waals surface area contributed by atoms with Crippen molar-refractivity contribution < 1.29 is 14.3 Å². The van der Waals surface area contributed by atoms with Crippen molar-refractivity contribution in [1.82, 2.24) is 4.90 Å². The van der Waals surface area contributed by atoms with Gasteiger partial charge in [-0.3, -0.25) is 9.59 Å². The van der Waals surface area contributed by atoms with Gasteiger partial charge >= 0.3 is 0 Å². The summed E-state index contributed by atoms with van der Waals surface area (Å²) in [5.74, 6) is 0.655. The molecule has 0 N–H and O–H groups in total. The molecule has 0 aliphatic carbocycles. The summed E-state index contributed by atoms with van der Waals surface area (Å²) < 4.78 is 5.43. The van der Waals surface area contributed by atoms with Crippen molar-refractivity contribution in [2.75, 3.05) is 19.7 Å². The van der Waals surface area contributed by atoms with Crippen LogP contribution in [0.5, 0.6) is 0 Å². The highest BCUT2D eigenvalue weighted by molar-refractivity contribution is 5.85. The smallest absolute Gasteiger partial charge is 0.252 e. The first-order valence-electron chi connectivity index (χ1n) is 5.60. The molecule has 0 saturated carbocycles. The summed E-state index contributed by atoms with van der Waals surface area (Å²) in [4.78, 5) is 24.8. The summed E-state index contributed by atoms with van der Waals surface area (Å²) in [6.07, 6.45) is 1.71. The van der Waals surface area contributed by atoms with Crippen molar-refractivity contribution in [2.45, 2.75) is 32.3 Å². The van der Waals surface area contributed by atoms with Crippen LogP contribution in [0.25, 0.3) is 0 Å². The molecule has 0 aromatic carbocycles. The number of Topliss-reactive ketones (excluding diaryl/α,β-unsaturated/α-hetero) is 1. The van der Waals surface area contributed by atoms with Gasteiger partial charge in [-0.25, -0.2) is 0 Å². The fraction of sp³-hybridized carbons (Fsp3) is 0.818. The zero-order valence-corrected chi connectivity index (χ0v) is 9.07. The second-order valence-corrected chi connectivity index (χ2v) is 4.42. The van der Waals surface area contributed by atoms with Gasteiger partial charge in [0.05, 0.1) is 0 Å². The van der Waals surface area contributed by atoms with E-state index in [1.807, 2.05) is 6.92 Å². The Morgan fingerprint density at radius 3 is 2.60 bits per heavy atom. The number of likely N-dealkylation sites (tertiary alicyclic amines) is 1. The molecule has 15 heavy (non-hydrogen) atoms. The fourth-order valence-corrected chi connectivity index (χ4v) is 2.17. The van der Waals surface area contributed by atoms with Crippen LogP contribution in [0.15, 0.2) is 0 Å². The van der Waals surface area contributed by atoms with Crippen LogP contribution in [0, 0.1) is 5.92 Å². The quantitative estimate of drug-likeness (QED) is 0.638. The minimum atomic E-state index is -0.266. The van der Waals surface area contributed by atoms with Gasteiger partial charge < -0.3 is 9.64 Å². The molecule has 84 valence electrons. The molecule has 4 heteroatoms. The summed E-state index contributed by atoms with van der Waals surface area (Å²) in [7, 11) is 0. The zero-order chi connectivity index (χ0) is 10.8. The van der Waals surface area contributed by atoms with Crippen LogP contribution in [0.2, 0.25) is 0 Å². The molecule has 4 nitrogen and oxygen atoms in total. The largest absolute Gasteiger partial charge is 0.368 e. The maximum Gasteiger partial charge on any atom is 0.252 e. The Balaban J connectivity index is 1.93. The molecule has 2 rings (SSSR count). The van der Waals surface area contributed by atoms with Gasteiger partial charge in [-0.2, -0.15) is 0 Å². The van der Waals surface area contributed by atoms with Crippen molar-refractivity contribution in [1.29, 1.82) is 0 Å². The Morgan fingerprint density at radius 2 is 2.07 bits per heavy atom. The minimum Gasteiger partial charge on any atom is -0.368 e. The molecule has 0 radical (unpaired) electrons. The molecule has 0 aromatic heterocycles. The summed E-state index contributed by atoms with van der Waals surface area (Å²) in [6.45, 7) is 3.88. The van der Waals surface area contributed by atoms with Gasteiger partial charge in [0.25, 0.3) is 5.91 Å². The molecule has 2 aliphatic heterocycles. The Kier molecular flexibility index (Phi) is 3.05. The van der Waals surface area contributed by atoms with Gasteiger partial charge in [0.1, 0.15) is 11.9 Å². The normalized spacial score (nSPS) is 32.1. The van der Waals surface area contributed by atoms with E-state index < -0.39 is 0 Å². The van der Waals surface area contributed by atoms with Crippen LogP contribution in [0.3, 0.4) is 0 Å². The molecular formula is C11H17NO3. The maximum atomic E-state index is 12.0. The molecule has 1 amide bonds. The van der Waals surface area contributed by atoms with E-state index in [2.05, 4.69) is 0 Å². The number of rotatable bonds is 1. The van der Waals surface area contributed by atoms with Crippen molar-refractivity contribution in [3.63, 3.8) is 0 Å². The summed E-state index contributed by atoms with van der Waals surface area (Å²) >= 11 is 0. The van der Waals surface area contributed by atoms with Crippen LogP contribution < -0.4 is 0 Å². The van der Waals surface area contributed by atoms with Crippen molar-refractivity contribution in [3.8, 4) is 0 Å². The molecule has 0 aromatic rings. The molecule has 0 spiro atoms. The van der Waals surface area contributed by atoms with Gasteiger partial charge in [-0.1, -0.05) is 6.92 Å². The average molecular weight is 211 g/mol. The van der Waals surface area contributed by atoms with E-state index in [-0.39, 0.29) is 17.8 Å². The molecule has 2 fully saturated rings. The van der Waals surface area contributed by atoms with Gasteiger partial charge in [-0.05, 0) is 12.3 Å². The first kappa shape index (κ1) is 10.6. The average Bonchev–Trinajstić information content (AvgIpc) is 2.65. The number of carbonyl (C=O) groups is 2. The van der Waals surface area contributed by atoms with Crippen LogP contribution >= 0.6 is 0 Å². The van der Waals surface area contributed by atoms with Crippen molar-refractivity contribution in [2.24, 2.45) is 5.92 Å². The molecule has 2 saturated heterocycles. The number of hydrogen-bond acceptors (Lipinski definition) is 3. The standard InChI is InChI=1S/C11H17NO3/c1-8-4-7-15-10(8)11(14)12-5-2-9(13)3-6-12/h8,10H,2-7H2,1H3. The fourth-order valence-electron chi connectivity index (χ4n) is 2.17. The van der Waals surface area contributed by atoms with E-state index in [0.717, 1.165) is 6.42 Å². The Labute approximate surface area is 89.6 Å². The second kappa shape index (κ2) is 4.31. The van der Waals surface area contributed by atoms with Gasteiger partial charge in [0.2, 0.25) is 0 Å². The highest BCUT2D eigenvalue weighted by atomic mass is 16.5. The maximum absolute atomic E-state index is 12.0. The number of ether oxygens (including phenoxy) is 1. The highest BCUT2D eigenvalue weighted by Gasteiger charge is 2.35. The number of carbonyl (C=O) groups excluding carboxylic acids is 2. The third kappa shape index (κ3) is 2.20. The lowest BCUT2D eigenvalue weighted by molar-refractivity contribution is -0.144. The number of ketones is 1. The van der Waals surface area contributed by atoms with E-state index in [9.17, 15) is 9.59 Å². The van der Waals surface area contributed by atoms with E-state index in [1.165, 1.54) is 0 Å². The Morgan fingerprint density at radius 1 is 1.40 bits per heavy atom. The first-order chi connectivity index (χ1) is 7.18. The lowest BCUT2D eigenvalue weighted by Gasteiger charge is -2.29. The number of piperidine rings is 1. The lowest BCUT2D eigenvalue weighted by atomic mass is 10.0. The zero-order valence-electron chi connectivity index (χ0n) is 9.07. The summed E-state index contributed by atoms with van der Waals surface area (Å²) in [6, 6.07) is 0. The molecule has 2 aliphatic rings. The first-order valence-corrected chi connectivity index (χ1v) is 5.60. The van der Waals surface area contributed by atoms with Crippen LogP contribution in [0.1, 0.15) is 26.2 Å². The second-order valence-electron chi connectivity index (χ2n) is 4.42. The summed E-state index contributed by atoms with van der Waals surface area (Å²) in [5.41, 5.74) is 0. The number of amides is 1. The van der Waals surface area contributed by atoms with Gasteiger partial charge in [0, 0.05) is 32.5 Å². The molecular weight excluding hydrogens is 194 g/mol. The molecule has 2 atom stereocenters. The SMILES string of the molecule is CC1CCOC1C(=O)N1CCC(=O)CC1. The lowest BCUT2D eigenvalue weighted by Crippen LogP contribution is -2.45.